The van der Waals surface area contributed by atoms with Gasteiger partial charge in [-0.05, 0) is 36.2 Å². The molecule has 88 valence electrons. The second kappa shape index (κ2) is 5.41. The van der Waals surface area contributed by atoms with Gasteiger partial charge in [0.1, 0.15) is 0 Å². The van der Waals surface area contributed by atoms with Crippen LogP contribution in [0.4, 0.5) is 11.5 Å². The van der Waals surface area contributed by atoms with Crippen LogP contribution in [0, 0.1) is 10.1 Å². The fourth-order valence-electron chi connectivity index (χ4n) is 1.43. The standard InChI is InChI=1S/C10H15N3O3/c1-7(5-8(2)14)12-9-3-4-10(11-6-9)13(15)16/h3-4,6-8,12,14H,5H2,1-2H3. The molecule has 0 aliphatic carbocycles. The van der Waals surface area contributed by atoms with E-state index in [9.17, 15) is 15.2 Å². The highest BCUT2D eigenvalue weighted by Gasteiger charge is 2.09. The third-order valence-electron chi connectivity index (χ3n) is 2.04. The minimum atomic E-state index is -0.539. The summed E-state index contributed by atoms with van der Waals surface area (Å²) in [6.07, 6.45) is 1.64. The van der Waals surface area contributed by atoms with Gasteiger partial charge in [0.2, 0.25) is 0 Å². The van der Waals surface area contributed by atoms with E-state index >= 15 is 0 Å². The molecule has 16 heavy (non-hydrogen) atoms. The lowest BCUT2D eigenvalue weighted by Gasteiger charge is -2.15. The summed E-state index contributed by atoms with van der Waals surface area (Å²) >= 11 is 0. The van der Waals surface area contributed by atoms with Crippen LogP contribution in [0.15, 0.2) is 18.3 Å². The Kier molecular flexibility index (Phi) is 4.19. The van der Waals surface area contributed by atoms with Crippen molar-refractivity contribution in [3.8, 4) is 0 Å². The Labute approximate surface area is 93.5 Å². The maximum Gasteiger partial charge on any atom is 0.363 e. The van der Waals surface area contributed by atoms with Crippen LogP contribution in [0.1, 0.15) is 20.3 Å². The molecule has 0 fully saturated rings. The summed E-state index contributed by atoms with van der Waals surface area (Å²) in [5.41, 5.74) is 0.707. The number of hydrogen-bond acceptors (Lipinski definition) is 5. The van der Waals surface area contributed by atoms with Crippen molar-refractivity contribution in [2.75, 3.05) is 5.32 Å². The van der Waals surface area contributed by atoms with Gasteiger partial charge in [0.05, 0.1) is 11.8 Å². The molecule has 0 saturated carbocycles. The summed E-state index contributed by atoms with van der Waals surface area (Å²) in [6.45, 7) is 3.64. The molecule has 1 rings (SSSR count). The lowest BCUT2D eigenvalue weighted by Crippen LogP contribution is -2.20. The van der Waals surface area contributed by atoms with Crippen LogP contribution in [-0.2, 0) is 0 Å². The molecule has 0 aliphatic rings. The molecule has 0 aromatic carbocycles. The third kappa shape index (κ3) is 3.82. The van der Waals surface area contributed by atoms with Gasteiger partial charge in [-0.1, -0.05) is 0 Å². The van der Waals surface area contributed by atoms with E-state index in [0.29, 0.717) is 12.1 Å². The first-order valence-corrected chi connectivity index (χ1v) is 5.04. The molecular weight excluding hydrogens is 210 g/mol. The second-order valence-electron chi connectivity index (χ2n) is 3.79. The van der Waals surface area contributed by atoms with Gasteiger partial charge in [-0.3, -0.25) is 0 Å². The molecule has 0 radical (unpaired) electrons. The Morgan fingerprint density at radius 1 is 1.56 bits per heavy atom. The van der Waals surface area contributed by atoms with Gasteiger partial charge < -0.3 is 20.5 Å². The van der Waals surface area contributed by atoms with E-state index in [0.717, 1.165) is 0 Å². The van der Waals surface area contributed by atoms with Crippen LogP contribution in [0.3, 0.4) is 0 Å². The number of aliphatic hydroxyl groups excluding tert-OH is 1. The van der Waals surface area contributed by atoms with Gasteiger partial charge in [-0.2, -0.15) is 0 Å². The monoisotopic (exact) mass is 225 g/mol. The molecule has 0 spiro atoms. The summed E-state index contributed by atoms with van der Waals surface area (Å²) in [5, 5.41) is 22.6. The zero-order valence-electron chi connectivity index (χ0n) is 9.25. The van der Waals surface area contributed by atoms with Crippen LogP contribution < -0.4 is 5.32 Å². The van der Waals surface area contributed by atoms with E-state index < -0.39 is 4.92 Å². The van der Waals surface area contributed by atoms with Gasteiger partial charge in [0, 0.05) is 12.1 Å². The normalized spacial score (nSPS) is 14.2. The number of hydrogen-bond donors (Lipinski definition) is 2. The van der Waals surface area contributed by atoms with Crippen molar-refractivity contribution < 1.29 is 10.0 Å². The number of aliphatic hydroxyl groups is 1. The van der Waals surface area contributed by atoms with Crippen molar-refractivity contribution in [1.82, 2.24) is 4.98 Å². The second-order valence-corrected chi connectivity index (χ2v) is 3.79. The van der Waals surface area contributed by atoms with Gasteiger partial charge in [0.15, 0.2) is 6.20 Å². The zero-order chi connectivity index (χ0) is 12.1. The number of rotatable bonds is 5. The molecule has 0 amide bonds. The first kappa shape index (κ1) is 12.4. The smallest absolute Gasteiger partial charge is 0.363 e. The highest BCUT2D eigenvalue weighted by atomic mass is 16.6. The van der Waals surface area contributed by atoms with E-state index in [1.807, 2.05) is 6.92 Å². The van der Waals surface area contributed by atoms with Gasteiger partial charge in [0.25, 0.3) is 0 Å². The molecule has 1 aromatic rings. The maximum atomic E-state index is 10.4. The van der Waals surface area contributed by atoms with E-state index in [2.05, 4.69) is 10.3 Å². The number of nitro groups is 1. The summed E-state index contributed by atoms with van der Waals surface area (Å²) in [6, 6.07) is 3.03. The fraction of sp³-hybridized carbons (Fsp3) is 0.500. The predicted octanol–water partition coefficient (Wildman–Crippen LogP) is 1.56. The summed E-state index contributed by atoms with van der Waals surface area (Å²) in [7, 11) is 0. The molecule has 1 heterocycles. The van der Waals surface area contributed by atoms with Crippen molar-refractivity contribution in [3.63, 3.8) is 0 Å². The first-order valence-electron chi connectivity index (χ1n) is 5.04. The highest BCUT2D eigenvalue weighted by Crippen LogP contribution is 2.13. The molecule has 2 N–H and O–H groups in total. The first-order chi connectivity index (χ1) is 7.49. The number of nitrogens with zero attached hydrogens (tertiary/aromatic N) is 2. The molecule has 2 atom stereocenters. The van der Waals surface area contributed by atoms with Crippen LogP contribution in [0.5, 0.6) is 0 Å². The number of nitrogens with one attached hydrogen (secondary N) is 1. The summed E-state index contributed by atoms with van der Waals surface area (Å²) < 4.78 is 0. The molecule has 2 unspecified atom stereocenters. The Balaban J connectivity index is 2.58. The minimum absolute atomic E-state index is 0.0863. The summed E-state index contributed by atoms with van der Waals surface area (Å²) in [4.78, 5) is 13.5. The van der Waals surface area contributed by atoms with Crippen molar-refractivity contribution in [3.05, 3.63) is 28.4 Å². The Hall–Kier alpha value is -1.69. The average Bonchev–Trinajstić information content (AvgIpc) is 2.16. The molecule has 6 heteroatoms. The van der Waals surface area contributed by atoms with Crippen molar-refractivity contribution in [2.45, 2.75) is 32.4 Å². The molecule has 1 aromatic heterocycles. The maximum absolute atomic E-state index is 10.4. The molecule has 0 saturated heterocycles. The third-order valence-corrected chi connectivity index (χ3v) is 2.04. The SMILES string of the molecule is CC(O)CC(C)Nc1ccc([N+](=O)[O-])nc1. The minimum Gasteiger partial charge on any atom is -0.393 e. The van der Waals surface area contributed by atoms with Gasteiger partial charge >= 0.3 is 5.82 Å². The number of pyridine rings is 1. The van der Waals surface area contributed by atoms with Crippen molar-refractivity contribution in [2.24, 2.45) is 0 Å². The van der Waals surface area contributed by atoms with E-state index in [1.54, 1.807) is 13.0 Å². The lowest BCUT2D eigenvalue weighted by molar-refractivity contribution is -0.389. The molecule has 0 bridgehead atoms. The quantitative estimate of drug-likeness (QED) is 0.586. The fourth-order valence-corrected chi connectivity index (χ4v) is 1.43. The van der Waals surface area contributed by atoms with Crippen LogP contribution >= 0.6 is 0 Å². The average molecular weight is 225 g/mol. The van der Waals surface area contributed by atoms with E-state index in [4.69, 9.17) is 0 Å². The van der Waals surface area contributed by atoms with Crippen LogP contribution in [0.2, 0.25) is 0 Å². The zero-order valence-corrected chi connectivity index (χ0v) is 9.25. The van der Waals surface area contributed by atoms with Crippen molar-refractivity contribution >= 4 is 11.5 Å². The van der Waals surface area contributed by atoms with Gasteiger partial charge in [-0.15, -0.1) is 0 Å². The Bertz CT molecular complexity index is 351. The lowest BCUT2D eigenvalue weighted by atomic mass is 10.1. The van der Waals surface area contributed by atoms with Crippen LogP contribution in [0.25, 0.3) is 0 Å². The molecular formula is C10H15N3O3. The van der Waals surface area contributed by atoms with E-state index in [1.165, 1.54) is 12.3 Å². The Morgan fingerprint density at radius 2 is 2.25 bits per heavy atom. The number of anilines is 1. The number of aromatic nitrogens is 1. The van der Waals surface area contributed by atoms with Crippen LogP contribution in [-0.4, -0.2) is 27.2 Å². The molecule has 0 aliphatic heterocycles. The van der Waals surface area contributed by atoms with E-state index in [-0.39, 0.29) is 18.0 Å². The van der Waals surface area contributed by atoms with Crippen molar-refractivity contribution in [1.29, 1.82) is 0 Å². The molecule has 6 nitrogen and oxygen atoms in total. The topological polar surface area (TPSA) is 88.3 Å². The predicted molar refractivity (Wildman–Crippen MR) is 60.3 cm³/mol. The Morgan fingerprint density at radius 3 is 2.69 bits per heavy atom. The highest BCUT2D eigenvalue weighted by molar-refractivity contribution is 5.44. The largest absolute Gasteiger partial charge is 0.393 e. The van der Waals surface area contributed by atoms with Gasteiger partial charge in [-0.25, -0.2) is 0 Å². The summed E-state index contributed by atoms with van der Waals surface area (Å²) in [5.74, 6) is -0.172.